The number of nitrogens with zero attached hydrogens (tertiary/aromatic N) is 3. The lowest BCUT2D eigenvalue weighted by atomic mass is 9.95. The second kappa shape index (κ2) is 8.49. The van der Waals surface area contributed by atoms with Crippen LogP contribution in [0.1, 0.15) is 25.7 Å². The Labute approximate surface area is 155 Å². The fraction of sp³-hybridized carbons (Fsp3) is 0.688. The Bertz CT molecular complexity index is 575. The molecule has 2 aliphatic heterocycles. The molecule has 0 atom stereocenters. The van der Waals surface area contributed by atoms with Gasteiger partial charge >= 0.3 is 0 Å². The molecule has 0 unspecified atom stereocenters. The predicted molar refractivity (Wildman–Crippen MR) is 98.4 cm³/mol. The van der Waals surface area contributed by atoms with Crippen LogP contribution in [0.15, 0.2) is 15.8 Å². The minimum atomic E-state index is 0.102. The molecule has 3 heterocycles. The number of thioether (sulfide) groups is 1. The number of ether oxygens (including phenoxy) is 1. The summed E-state index contributed by atoms with van der Waals surface area (Å²) in [4.78, 5) is 23.6. The molecule has 0 bridgehead atoms. The highest BCUT2D eigenvalue weighted by Crippen LogP contribution is 2.29. The van der Waals surface area contributed by atoms with Gasteiger partial charge in [-0.2, -0.15) is 0 Å². The molecule has 2 fully saturated rings. The smallest absolute Gasteiger partial charge is 0.223 e. The molecule has 24 heavy (non-hydrogen) atoms. The fourth-order valence-electron chi connectivity index (χ4n) is 3.18. The maximum atomic E-state index is 12.5. The fourth-order valence-corrected chi connectivity index (χ4v) is 3.95. The molecular formula is C16H23BrN4O2S. The van der Waals surface area contributed by atoms with E-state index in [4.69, 9.17) is 4.74 Å². The minimum absolute atomic E-state index is 0.102. The van der Waals surface area contributed by atoms with Gasteiger partial charge in [0.25, 0.3) is 0 Å². The summed E-state index contributed by atoms with van der Waals surface area (Å²) < 4.78 is 6.25. The molecule has 1 N–H and O–H groups in total. The predicted octanol–water partition coefficient (Wildman–Crippen LogP) is 2.47. The van der Waals surface area contributed by atoms with Gasteiger partial charge in [-0.1, -0.05) is 11.8 Å². The molecule has 2 saturated heterocycles. The van der Waals surface area contributed by atoms with Crippen molar-refractivity contribution >= 4 is 39.4 Å². The highest BCUT2D eigenvalue weighted by atomic mass is 79.9. The van der Waals surface area contributed by atoms with Gasteiger partial charge in [0.1, 0.15) is 5.82 Å². The molecule has 0 saturated carbocycles. The van der Waals surface area contributed by atoms with E-state index >= 15 is 0 Å². The standard InChI is InChI=1S/C16H23BrN4O2S/c1-24-16-18-10-13(17)14(20-16)21-6-2-11(3-7-21)15(22)19-12-4-8-23-9-5-12/h10-12H,2-9H2,1H3,(H,19,22). The third-order valence-electron chi connectivity index (χ3n) is 4.62. The number of piperidine rings is 1. The Morgan fingerprint density at radius 1 is 1.33 bits per heavy atom. The molecule has 1 aromatic heterocycles. The van der Waals surface area contributed by atoms with Gasteiger partial charge < -0.3 is 15.0 Å². The van der Waals surface area contributed by atoms with Gasteiger partial charge in [-0.3, -0.25) is 4.79 Å². The van der Waals surface area contributed by atoms with E-state index in [2.05, 4.69) is 36.1 Å². The summed E-state index contributed by atoms with van der Waals surface area (Å²) in [5.41, 5.74) is 0. The monoisotopic (exact) mass is 414 g/mol. The summed E-state index contributed by atoms with van der Waals surface area (Å²) in [5.74, 6) is 1.23. The van der Waals surface area contributed by atoms with Crippen LogP contribution in [-0.4, -0.2) is 54.5 Å². The highest BCUT2D eigenvalue weighted by molar-refractivity contribution is 9.10. The Morgan fingerprint density at radius 3 is 2.71 bits per heavy atom. The number of hydrogen-bond acceptors (Lipinski definition) is 6. The van der Waals surface area contributed by atoms with Crippen LogP contribution in [0.2, 0.25) is 0 Å². The maximum absolute atomic E-state index is 12.5. The average Bonchev–Trinajstić information content (AvgIpc) is 2.63. The molecule has 2 aliphatic rings. The first-order chi connectivity index (χ1) is 11.7. The third kappa shape index (κ3) is 4.40. The van der Waals surface area contributed by atoms with Crippen LogP contribution in [0.5, 0.6) is 0 Å². The first kappa shape index (κ1) is 17.9. The van der Waals surface area contributed by atoms with E-state index in [1.54, 1.807) is 6.20 Å². The third-order valence-corrected chi connectivity index (χ3v) is 5.74. The van der Waals surface area contributed by atoms with Gasteiger partial charge in [-0.05, 0) is 47.9 Å². The van der Waals surface area contributed by atoms with E-state index in [1.807, 2.05) is 6.26 Å². The van der Waals surface area contributed by atoms with Gasteiger partial charge in [0.15, 0.2) is 5.16 Å². The quantitative estimate of drug-likeness (QED) is 0.602. The van der Waals surface area contributed by atoms with Crippen molar-refractivity contribution in [2.24, 2.45) is 5.92 Å². The number of hydrogen-bond donors (Lipinski definition) is 1. The van der Waals surface area contributed by atoms with Crippen molar-refractivity contribution in [3.05, 3.63) is 10.7 Å². The van der Waals surface area contributed by atoms with Crippen LogP contribution in [0, 0.1) is 5.92 Å². The van der Waals surface area contributed by atoms with Crippen LogP contribution in [0.25, 0.3) is 0 Å². The van der Waals surface area contributed by atoms with E-state index in [-0.39, 0.29) is 17.9 Å². The average molecular weight is 415 g/mol. The van der Waals surface area contributed by atoms with Gasteiger partial charge in [-0.15, -0.1) is 0 Å². The lowest BCUT2D eigenvalue weighted by Gasteiger charge is -2.33. The van der Waals surface area contributed by atoms with Crippen LogP contribution in [0.4, 0.5) is 5.82 Å². The van der Waals surface area contributed by atoms with Crippen molar-refractivity contribution in [2.75, 3.05) is 37.5 Å². The molecule has 8 heteroatoms. The number of amides is 1. The minimum Gasteiger partial charge on any atom is -0.381 e. The summed E-state index contributed by atoms with van der Waals surface area (Å²) in [7, 11) is 0. The lowest BCUT2D eigenvalue weighted by molar-refractivity contribution is -0.126. The van der Waals surface area contributed by atoms with Crippen molar-refractivity contribution in [3.8, 4) is 0 Å². The van der Waals surface area contributed by atoms with E-state index < -0.39 is 0 Å². The van der Waals surface area contributed by atoms with Gasteiger partial charge in [0.05, 0.1) is 4.47 Å². The van der Waals surface area contributed by atoms with Crippen molar-refractivity contribution in [2.45, 2.75) is 36.9 Å². The maximum Gasteiger partial charge on any atom is 0.223 e. The second-order valence-corrected chi connectivity index (χ2v) is 7.81. The second-order valence-electron chi connectivity index (χ2n) is 6.18. The largest absolute Gasteiger partial charge is 0.381 e. The van der Waals surface area contributed by atoms with Crippen LogP contribution in [-0.2, 0) is 9.53 Å². The first-order valence-corrected chi connectivity index (χ1v) is 10.4. The van der Waals surface area contributed by atoms with Crippen molar-refractivity contribution in [1.29, 1.82) is 0 Å². The Hall–Kier alpha value is -0.860. The Balaban J connectivity index is 1.54. The van der Waals surface area contributed by atoms with E-state index in [1.165, 1.54) is 11.8 Å². The van der Waals surface area contributed by atoms with Crippen LogP contribution < -0.4 is 10.2 Å². The molecule has 0 aromatic carbocycles. The van der Waals surface area contributed by atoms with Gasteiger partial charge in [0.2, 0.25) is 5.91 Å². The number of anilines is 1. The topological polar surface area (TPSA) is 67.4 Å². The molecule has 0 spiro atoms. The van der Waals surface area contributed by atoms with E-state index in [9.17, 15) is 4.79 Å². The SMILES string of the molecule is CSc1ncc(Br)c(N2CCC(C(=O)NC3CCOCC3)CC2)n1. The number of nitrogens with one attached hydrogen (secondary N) is 1. The summed E-state index contributed by atoms with van der Waals surface area (Å²) in [6.07, 6.45) is 7.35. The summed E-state index contributed by atoms with van der Waals surface area (Å²) in [6, 6.07) is 0.282. The zero-order valence-electron chi connectivity index (χ0n) is 13.8. The molecule has 0 aliphatic carbocycles. The number of aromatic nitrogens is 2. The molecule has 0 radical (unpaired) electrons. The van der Waals surface area contributed by atoms with Crippen molar-refractivity contribution in [3.63, 3.8) is 0 Å². The molecule has 6 nitrogen and oxygen atoms in total. The molecule has 1 amide bonds. The van der Waals surface area contributed by atoms with Crippen molar-refractivity contribution in [1.82, 2.24) is 15.3 Å². The number of halogens is 1. The summed E-state index contributed by atoms with van der Waals surface area (Å²) >= 11 is 5.07. The van der Waals surface area contributed by atoms with Gasteiger partial charge in [-0.25, -0.2) is 9.97 Å². The molecular weight excluding hydrogens is 392 g/mol. The molecule has 3 rings (SSSR count). The molecule has 132 valence electrons. The van der Waals surface area contributed by atoms with Crippen LogP contribution >= 0.6 is 27.7 Å². The summed E-state index contributed by atoms with van der Waals surface area (Å²) in [5, 5.41) is 3.97. The number of carbonyl (C=O) groups excluding carboxylic acids is 1. The zero-order valence-corrected chi connectivity index (χ0v) is 16.2. The Kier molecular flexibility index (Phi) is 6.35. The molecule has 1 aromatic rings. The van der Waals surface area contributed by atoms with Gasteiger partial charge in [0, 0.05) is 44.5 Å². The highest BCUT2D eigenvalue weighted by Gasteiger charge is 2.28. The Morgan fingerprint density at radius 2 is 2.04 bits per heavy atom. The van der Waals surface area contributed by atoms with Crippen molar-refractivity contribution < 1.29 is 9.53 Å². The van der Waals surface area contributed by atoms with E-state index in [0.717, 1.165) is 67.4 Å². The normalized spacial score (nSPS) is 20.2. The zero-order chi connectivity index (χ0) is 16.9. The number of rotatable bonds is 4. The van der Waals surface area contributed by atoms with E-state index in [0.29, 0.717) is 0 Å². The summed E-state index contributed by atoms with van der Waals surface area (Å²) in [6.45, 7) is 3.19. The first-order valence-electron chi connectivity index (χ1n) is 8.37. The van der Waals surface area contributed by atoms with Crippen LogP contribution in [0.3, 0.4) is 0 Å². The lowest BCUT2D eigenvalue weighted by Crippen LogP contribution is -2.45. The number of carbonyl (C=O) groups is 1.